The molecule has 0 amide bonds. The normalized spacial score (nSPS) is 10.8. The first kappa shape index (κ1) is 13.2. The highest BCUT2D eigenvalue weighted by Gasteiger charge is 2.17. The van der Waals surface area contributed by atoms with Crippen LogP contribution in [0.3, 0.4) is 0 Å². The van der Waals surface area contributed by atoms with Crippen LogP contribution in [-0.2, 0) is 0 Å². The molecule has 2 N–H and O–H groups in total. The highest BCUT2D eigenvalue weighted by atomic mass is 19.1. The van der Waals surface area contributed by atoms with E-state index in [1.165, 1.54) is 30.3 Å². The Hall–Kier alpha value is -2.76. The summed E-state index contributed by atoms with van der Waals surface area (Å²) in [5.74, 6) is -0.819. The van der Waals surface area contributed by atoms with Gasteiger partial charge in [-0.3, -0.25) is 0 Å². The molecule has 0 aliphatic heterocycles. The fraction of sp³-hybridized carbons (Fsp3) is 0.0667. The molecular formula is C15H11F2N3O. The Labute approximate surface area is 119 Å². The van der Waals surface area contributed by atoms with Crippen molar-refractivity contribution in [2.75, 3.05) is 5.73 Å². The first-order valence-corrected chi connectivity index (χ1v) is 6.20. The van der Waals surface area contributed by atoms with Crippen LogP contribution in [0.2, 0.25) is 0 Å². The number of aromatic nitrogens is 2. The minimum atomic E-state index is -0.555. The summed E-state index contributed by atoms with van der Waals surface area (Å²) >= 11 is 0. The Morgan fingerprint density at radius 2 is 1.95 bits per heavy atom. The second-order valence-corrected chi connectivity index (χ2v) is 4.64. The molecule has 106 valence electrons. The zero-order chi connectivity index (χ0) is 15.0. The van der Waals surface area contributed by atoms with Gasteiger partial charge in [0.25, 0.3) is 5.89 Å². The molecule has 0 aliphatic carbocycles. The van der Waals surface area contributed by atoms with Crippen LogP contribution in [0.15, 0.2) is 40.9 Å². The molecular weight excluding hydrogens is 276 g/mol. The third-order valence-corrected chi connectivity index (χ3v) is 2.99. The van der Waals surface area contributed by atoms with E-state index < -0.39 is 11.6 Å². The predicted molar refractivity (Wildman–Crippen MR) is 74.2 cm³/mol. The molecule has 0 spiro atoms. The van der Waals surface area contributed by atoms with E-state index in [1.807, 2.05) is 0 Å². The number of hydrogen-bond acceptors (Lipinski definition) is 4. The van der Waals surface area contributed by atoms with Crippen molar-refractivity contribution in [2.45, 2.75) is 6.92 Å². The topological polar surface area (TPSA) is 64.9 Å². The fourth-order valence-electron chi connectivity index (χ4n) is 2.07. The molecule has 3 aromatic rings. The monoisotopic (exact) mass is 287 g/mol. The van der Waals surface area contributed by atoms with Crippen molar-refractivity contribution in [1.29, 1.82) is 0 Å². The SMILES string of the molecule is Cc1cc(F)cc(-c2noc(-c3c(N)cccc3F)n2)c1. The van der Waals surface area contributed by atoms with E-state index >= 15 is 0 Å². The van der Waals surface area contributed by atoms with Crippen LogP contribution in [-0.4, -0.2) is 10.1 Å². The van der Waals surface area contributed by atoms with E-state index in [4.69, 9.17) is 10.3 Å². The number of rotatable bonds is 2. The van der Waals surface area contributed by atoms with Gasteiger partial charge < -0.3 is 10.3 Å². The smallest absolute Gasteiger partial charge is 0.263 e. The maximum atomic E-state index is 13.8. The molecule has 6 heteroatoms. The van der Waals surface area contributed by atoms with Gasteiger partial charge in [0.2, 0.25) is 5.82 Å². The summed E-state index contributed by atoms with van der Waals surface area (Å²) in [7, 11) is 0. The molecule has 0 unspecified atom stereocenters. The van der Waals surface area contributed by atoms with Gasteiger partial charge >= 0.3 is 0 Å². The fourth-order valence-corrected chi connectivity index (χ4v) is 2.07. The van der Waals surface area contributed by atoms with Crippen LogP contribution in [0, 0.1) is 18.6 Å². The average molecular weight is 287 g/mol. The quantitative estimate of drug-likeness (QED) is 0.732. The van der Waals surface area contributed by atoms with E-state index in [0.717, 1.165) is 5.56 Å². The highest BCUT2D eigenvalue weighted by Crippen LogP contribution is 2.29. The van der Waals surface area contributed by atoms with Crippen molar-refractivity contribution in [3.8, 4) is 22.8 Å². The van der Waals surface area contributed by atoms with Gasteiger partial charge in [-0.05, 0) is 42.8 Å². The van der Waals surface area contributed by atoms with Gasteiger partial charge in [0.05, 0.1) is 5.56 Å². The number of benzene rings is 2. The second-order valence-electron chi connectivity index (χ2n) is 4.64. The first-order valence-electron chi connectivity index (χ1n) is 6.20. The van der Waals surface area contributed by atoms with Crippen molar-refractivity contribution in [3.63, 3.8) is 0 Å². The van der Waals surface area contributed by atoms with Crippen LogP contribution >= 0.6 is 0 Å². The van der Waals surface area contributed by atoms with Crippen molar-refractivity contribution in [3.05, 3.63) is 53.6 Å². The maximum absolute atomic E-state index is 13.8. The van der Waals surface area contributed by atoms with Crippen molar-refractivity contribution in [2.24, 2.45) is 0 Å². The summed E-state index contributed by atoms with van der Waals surface area (Å²) in [6.45, 7) is 1.75. The molecule has 2 aromatic carbocycles. The van der Waals surface area contributed by atoms with Crippen LogP contribution in [0.4, 0.5) is 14.5 Å². The Bertz CT molecular complexity index is 774. The molecule has 0 bridgehead atoms. The number of anilines is 1. The molecule has 0 atom stereocenters. The summed E-state index contributed by atoms with van der Waals surface area (Å²) < 4.78 is 32.3. The Balaban J connectivity index is 2.08. The van der Waals surface area contributed by atoms with Crippen LogP contribution in [0.25, 0.3) is 22.8 Å². The maximum Gasteiger partial charge on any atom is 0.263 e. The van der Waals surface area contributed by atoms with Crippen LogP contribution < -0.4 is 5.73 Å². The second kappa shape index (κ2) is 4.97. The molecule has 1 aromatic heterocycles. The van der Waals surface area contributed by atoms with Crippen molar-refractivity contribution >= 4 is 5.69 Å². The molecule has 4 nitrogen and oxygen atoms in total. The van der Waals surface area contributed by atoms with Gasteiger partial charge in [-0.15, -0.1) is 0 Å². The summed E-state index contributed by atoms with van der Waals surface area (Å²) in [4.78, 5) is 4.09. The van der Waals surface area contributed by atoms with Gasteiger partial charge in [-0.1, -0.05) is 11.2 Å². The lowest BCUT2D eigenvalue weighted by molar-refractivity contribution is 0.430. The molecule has 0 fully saturated rings. The van der Waals surface area contributed by atoms with E-state index in [0.29, 0.717) is 5.56 Å². The molecule has 21 heavy (non-hydrogen) atoms. The lowest BCUT2D eigenvalue weighted by Crippen LogP contribution is -1.93. The lowest BCUT2D eigenvalue weighted by atomic mass is 10.1. The van der Waals surface area contributed by atoms with Gasteiger partial charge in [-0.25, -0.2) is 8.78 Å². The van der Waals surface area contributed by atoms with Gasteiger partial charge in [0, 0.05) is 11.3 Å². The standard InChI is InChI=1S/C15H11F2N3O/c1-8-5-9(7-10(16)6-8)14-19-15(21-20-14)13-11(17)3-2-4-12(13)18/h2-7H,18H2,1H3. The largest absolute Gasteiger partial charge is 0.398 e. The van der Waals surface area contributed by atoms with Gasteiger partial charge in [0.1, 0.15) is 11.6 Å². The third-order valence-electron chi connectivity index (χ3n) is 2.99. The summed E-state index contributed by atoms with van der Waals surface area (Å²) in [5.41, 5.74) is 7.14. The van der Waals surface area contributed by atoms with Gasteiger partial charge in [0.15, 0.2) is 0 Å². The Morgan fingerprint density at radius 1 is 1.14 bits per heavy atom. The number of aryl methyl sites for hydroxylation is 1. The Kier molecular flexibility index (Phi) is 3.13. The minimum Gasteiger partial charge on any atom is -0.398 e. The molecule has 1 heterocycles. The summed E-state index contributed by atoms with van der Waals surface area (Å²) in [6, 6.07) is 8.66. The van der Waals surface area contributed by atoms with Crippen molar-refractivity contribution in [1.82, 2.24) is 10.1 Å². The summed E-state index contributed by atoms with van der Waals surface area (Å²) in [6.07, 6.45) is 0. The van der Waals surface area contributed by atoms with Gasteiger partial charge in [-0.2, -0.15) is 4.98 Å². The van der Waals surface area contributed by atoms with E-state index in [2.05, 4.69) is 10.1 Å². The molecule has 0 radical (unpaired) electrons. The van der Waals surface area contributed by atoms with E-state index in [1.54, 1.807) is 13.0 Å². The molecule has 0 saturated carbocycles. The molecule has 0 aliphatic rings. The lowest BCUT2D eigenvalue weighted by Gasteiger charge is -2.01. The number of nitrogens with two attached hydrogens (primary N) is 1. The average Bonchev–Trinajstić information content (AvgIpc) is 2.87. The van der Waals surface area contributed by atoms with E-state index in [9.17, 15) is 8.78 Å². The van der Waals surface area contributed by atoms with E-state index in [-0.39, 0.29) is 23.0 Å². The number of halogens is 2. The third kappa shape index (κ3) is 2.47. The zero-order valence-electron chi connectivity index (χ0n) is 11.1. The number of nitrogen functional groups attached to an aromatic ring is 1. The van der Waals surface area contributed by atoms with Crippen LogP contribution in [0.1, 0.15) is 5.56 Å². The number of nitrogens with zero attached hydrogens (tertiary/aromatic N) is 2. The molecule has 3 rings (SSSR count). The van der Waals surface area contributed by atoms with Crippen LogP contribution in [0.5, 0.6) is 0 Å². The molecule has 0 saturated heterocycles. The highest BCUT2D eigenvalue weighted by molar-refractivity contribution is 5.72. The zero-order valence-corrected chi connectivity index (χ0v) is 11.1. The minimum absolute atomic E-state index is 0.0393. The summed E-state index contributed by atoms with van der Waals surface area (Å²) in [5, 5.41) is 3.75. The number of hydrogen-bond donors (Lipinski definition) is 1. The first-order chi connectivity index (χ1) is 10.0. The van der Waals surface area contributed by atoms with Crippen molar-refractivity contribution < 1.29 is 13.3 Å². The predicted octanol–water partition coefficient (Wildman–Crippen LogP) is 3.57. The Morgan fingerprint density at radius 3 is 2.67 bits per heavy atom.